The second-order valence-electron chi connectivity index (χ2n) is 3.98. The molecular weight excluding hydrogens is 205 g/mol. The van der Waals surface area contributed by atoms with Crippen molar-refractivity contribution in [3.8, 4) is 0 Å². The van der Waals surface area contributed by atoms with Crippen molar-refractivity contribution in [1.82, 2.24) is 5.32 Å². The van der Waals surface area contributed by atoms with E-state index in [2.05, 4.69) is 12.2 Å². The topological polar surface area (TPSA) is 32.3 Å². The summed E-state index contributed by atoms with van der Waals surface area (Å²) in [7, 11) is 0. The number of rotatable bonds is 7. The molecule has 0 aromatic heterocycles. The minimum Gasteiger partial charge on any atom is -0.387 e. The van der Waals surface area contributed by atoms with Crippen LogP contribution in [0.4, 0.5) is 4.39 Å². The zero-order valence-corrected chi connectivity index (χ0v) is 9.75. The second-order valence-corrected chi connectivity index (χ2v) is 3.98. The fourth-order valence-corrected chi connectivity index (χ4v) is 1.54. The van der Waals surface area contributed by atoms with Gasteiger partial charge >= 0.3 is 0 Å². The Balaban J connectivity index is 2.24. The first kappa shape index (κ1) is 13.1. The number of hydrogen-bond acceptors (Lipinski definition) is 2. The summed E-state index contributed by atoms with van der Waals surface area (Å²) >= 11 is 0. The first-order valence-corrected chi connectivity index (χ1v) is 5.88. The molecule has 1 rings (SSSR count). The maximum atomic E-state index is 12.6. The van der Waals surface area contributed by atoms with Crippen molar-refractivity contribution in [2.24, 2.45) is 0 Å². The van der Waals surface area contributed by atoms with E-state index in [0.29, 0.717) is 6.54 Å². The number of aliphatic hydroxyl groups is 1. The van der Waals surface area contributed by atoms with Crippen LogP contribution in [0.5, 0.6) is 0 Å². The van der Waals surface area contributed by atoms with Crippen molar-refractivity contribution < 1.29 is 9.50 Å². The van der Waals surface area contributed by atoms with E-state index in [9.17, 15) is 9.50 Å². The van der Waals surface area contributed by atoms with Crippen molar-refractivity contribution in [1.29, 1.82) is 0 Å². The summed E-state index contributed by atoms with van der Waals surface area (Å²) in [5.41, 5.74) is 0.754. The average Bonchev–Trinajstić information content (AvgIpc) is 2.29. The summed E-state index contributed by atoms with van der Waals surface area (Å²) in [6.45, 7) is 3.61. The van der Waals surface area contributed by atoms with E-state index in [1.54, 1.807) is 12.1 Å². The molecule has 0 radical (unpaired) electrons. The van der Waals surface area contributed by atoms with E-state index >= 15 is 0 Å². The molecule has 0 amide bonds. The molecule has 0 aliphatic carbocycles. The largest absolute Gasteiger partial charge is 0.387 e. The summed E-state index contributed by atoms with van der Waals surface area (Å²) < 4.78 is 12.6. The molecule has 0 fully saturated rings. The molecule has 2 N–H and O–H groups in total. The third kappa shape index (κ3) is 4.73. The third-order valence-electron chi connectivity index (χ3n) is 2.55. The number of aliphatic hydroxyl groups excluding tert-OH is 1. The Kier molecular flexibility index (Phi) is 6.04. The number of nitrogens with one attached hydrogen (secondary N) is 1. The molecule has 0 spiro atoms. The fourth-order valence-electron chi connectivity index (χ4n) is 1.54. The van der Waals surface area contributed by atoms with Gasteiger partial charge in [-0.2, -0.15) is 0 Å². The van der Waals surface area contributed by atoms with Gasteiger partial charge in [0, 0.05) is 6.54 Å². The first-order chi connectivity index (χ1) is 7.74. The quantitative estimate of drug-likeness (QED) is 0.699. The van der Waals surface area contributed by atoms with Crippen LogP contribution in [-0.4, -0.2) is 18.2 Å². The minimum atomic E-state index is -0.553. The summed E-state index contributed by atoms with van der Waals surface area (Å²) in [6, 6.07) is 5.98. The molecule has 1 unspecified atom stereocenters. The molecular formula is C13H20FNO. The molecule has 0 heterocycles. The number of unbranched alkanes of at least 4 members (excludes halogenated alkanes) is 2. The van der Waals surface area contributed by atoms with Crippen LogP contribution in [0.2, 0.25) is 0 Å². The van der Waals surface area contributed by atoms with Crippen LogP contribution >= 0.6 is 0 Å². The van der Waals surface area contributed by atoms with Crippen LogP contribution in [0.15, 0.2) is 24.3 Å². The average molecular weight is 225 g/mol. The van der Waals surface area contributed by atoms with Crippen molar-refractivity contribution in [2.45, 2.75) is 32.3 Å². The molecule has 0 aliphatic rings. The predicted octanol–water partition coefficient (Wildman–Crippen LogP) is 2.64. The molecule has 0 saturated heterocycles. The molecule has 1 atom stereocenters. The molecule has 0 aliphatic heterocycles. The summed E-state index contributed by atoms with van der Waals surface area (Å²) in [5, 5.41) is 13.0. The van der Waals surface area contributed by atoms with E-state index in [1.807, 2.05) is 0 Å². The molecule has 1 aromatic carbocycles. The van der Waals surface area contributed by atoms with Gasteiger partial charge in [-0.1, -0.05) is 31.9 Å². The van der Waals surface area contributed by atoms with Gasteiger partial charge in [-0.3, -0.25) is 0 Å². The van der Waals surface area contributed by atoms with Gasteiger partial charge in [0.1, 0.15) is 5.82 Å². The van der Waals surface area contributed by atoms with Crippen molar-refractivity contribution >= 4 is 0 Å². The second kappa shape index (κ2) is 7.36. The lowest BCUT2D eigenvalue weighted by Crippen LogP contribution is -2.22. The van der Waals surface area contributed by atoms with Crippen molar-refractivity contribution in [2.75, 3.05) is 13.1 Å². The lowest BCUT2D eigenvalue weighted by atomic mass is 10.1. The van der Waals surface area contributed by atoms with Crippen LogP contribution in [0.1, 0.15) is 37.9 Å². The number of benzene rings is 1. The standard InChI is InChI=1S/C13H20FNO/c1-2-3-4-9-15-10-13(16)11-5-7-12(14)8-6-11/h5-8,13,15-16H,2-4,9-10H2,1H3. The van der Waals surface area contributed by atoms with E-state index in [1.165, 1.54) is 25.0 Å². The maximum absolute atomic E-state index is 12.6. The highest BCUT2D eigenvalue weighted by molar-refractivity contribution is 5.18. The van der Waals surface area contributed by atoms with Gasteiger partial charge < -0.3 is 10.4 Å². The Morgan fingerprint density at radius 2 is 1.94 bits per heavy atom. The Morgan fingerprint density at radius 1 is 1.25 bits per heavy atom. The minimum absolute atomic E-state index is 0.271. The zero-order chi connectivity index (χ0) is 11.8. The summed E-state index contributed by atoms with van der Waals surface area (Å²) in [6.07, 6.45) is 2.98. The molecule has 0 saturated carbocycles. The van der Waals surface area contributed by atoms with Gasteiger partial charge in [-0.25, -0.2) is 4.39 Å². The molecule has 1 aromatic rings. The third-order valence-corrected chi connectivity index (χ3v) is 2.55. The SMILES string of the molecule is CCCCCNCC(O)c1ccc(F)cc1. The molecule has 90 valence electrons. The molecule has 3 heteroatoms. The normalized spacial score (nSPS) is 12.7. The zero-order valence-electron chi connectivity index (χ0n) is 9.75. The Hall–Kier alpha value is -0.930. The highest BCUT2D eigenvalue weighted by Crippen LogP contribution is 2.12. The van der Waals surface area contributed by atoms with Crippen LogP contribution in [0, 0.1) is 5.82 Å². The first-order valence-electron chi connectivity index (χ1n) is 5.88. The Labute approximate surface area is 96.5 Å². The highest BCUT2D eigenvalue weighted by atomic mass is 19.1. The van der Waals surface area contributed by atoms with Crippen molar-refractivity contribution in [3.63, 3.8) is 0 Å². The van der Waals surface area contributed by atoms with Gasteiger partial charge in [0.15, 0.2) is 0 Å². The van der Waals surface area contributed by atoms with Crippen LogP contribution in [0.25, 0.3) is 0 Å². The maximum Gasteiger partial charge on any atom is 0.123 e. The lowest BCUT2D eigenvalue weighted by Gasteiger charge is -2.11. The van der Waals surface area contributed by atoms with E-state index in [-0.39, 0.29) is 5.82 Å². The van der Waals surface area contributed by atoms with Crippen LogP contribution < -0.4 is 5.32 Å². The molecule has 16 heavy (non-hydrogen) atoms. The summed E-state index contributed by atoms with van der Waals surface area (Å²) in [5.74, 6) is -0.271. The van der Waals surface area contributed by atoms with Gasteiger partial charge in [-0.15, -0.1) is 0 Å². The van der Waals surface area contributed by atoms with E-state index in [4.69, 9.17) is 0 Å². The lowest BCUT2D eigenvalue weighted by molar-refractivity contribution is 0.174. The monoisotopic (exact) mass is 225 g/mol. The van der Waals surface area contributed by atoms with Crippen LogP contribution in [0.3, 0.4) is 0 Å². The van der Waals surface area contributed by atoms with Crippen molar-refractivity contribution in [3.05, 3.63) is 35.6 Å². The fraction of sp³-hybridized carbons (Fsp3) is 0.538. The van der Waals surface area contributed by atoms with E-state index in [0.717, 1.165) is 18.5 Å². The smallest absolute Gasteiger partial charge is 0.123 e. The van der Waals surface area contributed by atoms with E-state index < -0.39 is 6.10 Å². The molecule has 2 nitrogen and oxygen atoms in total. The number of halogens is 1. The predicted molar refractivity (Wildman–Crippen MR) is 63.8 cm³/mol. The molecule has 0 bridgehead atoms. The highest BCUT2D eigenvalue weighted by Gasteiger charge is 2.06. The van der Waals surface area contributed by atoms with Crippen LogP contribution in [-0.2, 0) is 0 Å². The van der Waals surface area contributed by atoms with Gasteiger partial charge in [0.25, 0.3) is 0 Å². The summed E-state index contributed by atoms with van der Waals surface area (Å²) in [4.78, 5) is 0. The Bertz CT molecular complexity index is 286. The Morgan fingerprint density at radius 3 is 2.56 bits per heavy atom. The van der Waals surface area contributed by atoms with Gasteiger partial charge in [0.2, 0.25) is 0 Å². The number of hydrogen-bond donors (Lipinski definition) is 2. The van der Waals surface area contributed by atoms with Gasteiger partial charge in [0.05, 0.1) is 6.10 Å². The van der Waals surface area contributed by atoms with Gasteiger partial charge in [-0.05, 0) is 30.7 Å².